The van der Waals surface area contributed by atoms with Crippen molar-refractivity contribution in [2.24, 2.45) is 0 Å². The van der Waals surface area contributed by atoms with Crippen molar-refractivity contribution in [3.05, 3.63) is 59.4 Å². The number of aromatic nitrogens is 1. The number of halogens is 2. The summed E-state index contributed by atoms with van der Waals surface area (Å²) in [6.45, 7) is 0.206. The molecule has 16 heavy (non-hydrogen) atoms. The van der Waals surface area contributed by atoms with E-state index in [-0.39, 0.29) is 12.1 Å². The van der Waals surface area contributed by atoms with Gasteiger partial charge in [0.2, 0.25) is 0 Å². The van der Waals surface area contributed by atoms with Gasteiger partial charge >= 0.3 is 0 Å². The van der Waals surface area contributed by atoms with Crippen molar-refractivity contribution in [2.75, 3.05) is 0 Å². The molecule has 0 N–H and O–H groups in total. The molecule has 82 valence electrons. The minimum atomic E-state index is -0.473. The minimum absolute atomic E-state index is 0.206. The summed E-state index contributed by atoms with van der Waals surface area (Å²) >= 11 is 0. The largest absolute Gasteiger partial charge is 0.349 e. The summed E-state index contributed by atoms with van der Waals surface area (Å²) in [6, 6.07) is 4.93. The van der Waals surface area contributed by atoms with Gasteiger partial charge in [-0.25, -0.2) is 8.78 Å². The number of hydrogen-bond acceptors (Lipinski definition) is 1. The Hall–Kier alpha value is -1.97. The van der Waals surface area contributed by atoms with Gasteiger partial charge < -0.3 is 4.57 Å². The van der Waals surface area contributed by atoms with Crippen LogP contribution in [0, 0.1) is 11.6 Å². The number of carbonyl (C=O) groups is 1. The molecule has 0 aliphatic heterocycles. The van der Waals surface area contributed by atoms with E-state index in [1.54, 1.807) is 23.0 Å². The molecular weight excluding hydrogens is 212 g/mol. The molecule has 0 saturated heterocycles. The second-order valence-electron chi connectivity index (χ2n) is 3.47. The Morgan fingerprint density at radius 3 is 2.75 bits per heavy atom. The van der Waals surface area contributed by atoms with Gasteiger partial charge in [-0.1, -0.05) is 0 Å². The molecule has 0 saturated carbocycles. The zero-order valence-corrected chi connectivity index (χ0v) is 8.36. The number of benzene rings is 1. The van der Waals surface area contributed by atoms with Crippen LogP contribution in [0.15, 0.2) is 36.7 Å². The molecule has 0 aliphatic rings. The van der Waals surface area contributed by atoms with Gasteiger partial charge in [-0.2, -0.15) is 0 Å². The molecule has 1 aromatic carbocycles. The molecule has 1 aromatic heterocycles. The first kappa shape index (κ1) is 10.5. The van der Waals surface area contributed by atoms with E-state index in [1.807, 2.05) is 0 Å². The summed E-state index contributed by atoms with van der Waals surface area (Å²) in [5.74, 6) is -0.929. The van der Waals surface area contributed by atoms with E-state index in [0.29, 0.717) is 11.8 Å². The molecule has 0 bridgehead atoms. The van der Waals surface area contributed by atoms with E-state index < -0.39 is 11.6 Å². The van der Waals surface area contributed by atoms with Crippen molar-refractivity contribution in [3.63, 3.8) is 0 Å². The fraction of sp³-hybridized carbons (Fsp3) is 0.0833. The summed E-state index contributed by atoms with van der Waals surface area (Å²) in [7, 11) is 0. The molecule has 0 radical (unpaired) electrons. The maximum atomic E-state index is 13.3. The van der Waals surface area contributed by atoms with Crippen molar-refractivity contribution in [1.29, 1.82) is 0 Å². The van der Waals surface area contributed by atoms with E-state index >= 15 is 0 Å². The average molecular weight is 221 g/mol. The Kier molecular flexibility index (Phi) is 2.81. The lowest BCUT2D eigenvalue weighted by atomic mass is 10.2. The second-order valence-corrected chi connectivity index (χ2v) is 3.47. The molecule has 0 unspecified atom stereocenters. The van der Waals surface area contributed by atoms with E-state index in [0.717, 1.165) is 18.2 Å². The highest BCUT2D eigenvalue weighted by molar-refractivity contribution is 5.74. The number of rotatable bonds is 3. The molecule has 0 atom stereocenters. The van der Waals surface area contributed by atoms with E-state index in [4.69, 9.17) is 0 Å². The van der Waals surface area contributed by atoms with Crippen molar-refractivity contribution >= 4 is 6.29 Å². The van der Waals surface area contributed by atoms with Crippen LogP contribution < -0.4 is 0 Å². The van der Waals surface area contributed by atoms with Gasteiger partial charge in [0.15, 0.2) is 6.29 Å². The van der Waals surface area contributed by atoms with Gasteiger partial charge in [0.25, 0.3) is 0 Å². The van der Waals surface area contributed by atoms with E-state index in [2.05, 4.69) is 0 Å². The second kappa shape index (κ2) is 4.26. The van der Waals surface area contributed by atoms with Crippen LogP contribution in [0.5, 0.6) is 0 Å². The molecule has 1 heterocycles. The number of aldehydes is 1. The lowest BCUT2D eigenvalue weighted by molar-refractivity contribution is 0.112. The van der Waals surface area contributed by atoms with Gasteiger partial charge in [-0.3, -0.25) is 4.79 Å². The molecule has 0 amide bonds. The van der Waals surface area contributed by atoms with Gasteiger partial charge in [0.1, 0.15) is 11.6 Å². The standard InChI is InChI=1S/C12H9F2NO/c13-11-1-2-12(14)10(5-11)7-15-4-3-9(6-15)8-16/h1-6,8H,7H2. The third-order valence-corrected chi connectivity index (χ3v) is 2.27. The number of nitrogens with zero attached hydrogens (tertiary/aromatic N) is 1. The van der Waals surface area contributed by atoms with Crippen LogP contribution in [0.3, 0.4) is 0 Å². The van der Waals surface area contributed by atoms with Crippen molar-refractivity contribution in [3.8, 4) is 0 Å². The monoisotopic (exact) mass is 221 g/mol. The molecule has 2 nitrogen and oxygen atoms in total. The Balaban J connectivity index is 2.26. The van der Waals surface area contributed by atoms with E-state index in [1.165, 1.54) is 0 Å². The topological polar surface area (TPSA) is 22.0 Å². The van der Waals surface area contributed by atoms with Crippen LogP contribution in [-0.4, -0.2) is 10.9 Å². The summed E-state index contributed by atoms with van der Waals surface area (Å²) in [6.07, 6.45) is 3.93. The van der Waals surface area contributed by atoms with Crippen LogP contribution in [0.2, 0.25) is 0 Å². The van der Waals surface area contributed by atoms with Crippen LogP contribution in [0.25, 0.3) is 0 Å². The quantitative estimate of drug-likeness (QED) is 0.730. The highest BCUT2D eigenvalue weighted by Gasteiger charge is 2.04. The summed E-state index contributed by atoms with van der Waals surface area (Å²) < 4.78 is 27.8. The zero-order valence-electron chi connectivity index (χ0n) is 8.36. The van der Waals surface area contributed by atoms with Crippen molar-refractivity contribution < 1.29 is 13.6 Å². The normalized spacial score (nSPS) is 10.4. The lowest BCUT2D eigenvalue weighted by Crippen LogP contribution is -2.00. The fourth-order valence-corrected chi connectivity index (χ4v) is 1.49. The highest BCUT2D eigenvalue weighted by atomic mass is 19.1. The van der Waals surface area contributed by atoms with E-state index in [9.17, 15) is 13.6 Å². The minimum Gasteiger partial charge on any atom is -0.349 e. The molecule has 0 spiro atoms. The summed E-state index contributed by atoms with van der Waals surface area (Å²) in [5.41, 5.74) is 0.768. The molecule has 4 heteroatoms. The Morgan fingerprint density at radius 2 is 2.06 bits per heavy atom. The number of hydrogen-bond donors (Lipinski definition) is 0. The van der Waals surface area contributed by atoms with Gasteiger partial charge in [-0.05, 0) is 24.3 Å². The van der Waals surface area contributed by atoms with Crippen molar-refractivity contribution in [2.45, 2.75) is 6.54 Å². The van der Waals surface area contributed by atoms with Crippen molar-refractivity contribution in [1.82, 2.24) is 4.57 Å². The summed E-state index contributed by atoms with van der Waals surface area (Å²) in [5, 5.41) is 0. The first-order valence-electron chi connectivity index (χ1n) is 4.74. The predicted octanol–water partition coefficient (Wildman–Crippen LogP) is 2.63. The Morgan fingerprint density at radius 1 is 1.25 bits per heavy atom. The molecular formula is C12H9F2NO. The highest BCUT2D eigenvalue weighted by Crippen LogP contribution is 2.12. The molecule has 2 aromatic rings. The lowest BCUT2D eigenvalue weighted by Gasteiger charge is -2.04. The maximum Gasteiger partial charge on any atom is 0.151 e. The number of carbonyl (C=O) groups excluding carboxylic acids is 1. The molecule has 0 fully saturated rings. The average Bonchev–Trinajstić information content (AvgIpc) is 2.71. The Bertz CT molecular complexity index is 519. The third-order valence-electron chi connectivity index (χ3n) is 2.27. The zero-order chi connectivity index (χ0) is 11.5. The van der Waals surface area contributed by atoms with Gasteiger partial charge in [-0.15, -0.1) is 0 Å². The van der Waals surface area contributed by atoms with Crippen LogP contribution in [0.4, 0.5) is 8.78 Å². The van der Waals surface area contributed by atoms with Gasteiger partial charge in [0, 0.05) is 23.5 Å². The third kappa shape index (κ3) is 2.16. The van der Waals surface area contributed by atoms with Crippen LogP contribution in [-0.2, 0) is 6.54 Å². The van der Waals surface area contributed by atoms with Crippen LogP contribution in [0.1, 0.15) is 15.9 Å². The first-order valence-corrected chi connectivity index (χ1v) is 4.74. The summed E-state index contributed by atoms with van der Waals surface area (Å²) in [4.78, 5) is 10.4. The Labute approximate surface area is 91.1 Å². The van der Waals surface area contributed by atoms with Gasteiger partial charge in [0.05, 0.1) is 6.54 Å². The predicted molar refractivity (Wildman–Crippen MR) is 55.3 cm³/mol. The smallest absolute Gasteiger partial charge is 0.151 e. The maximum absolute atomic E-state index is 13.3. The first-order chi connectivity index (χ1) is 7.69. The fourth-order valence-electron chi connectivity index (χ4n) is 1.49. The SMILES string of the molecule is O=Cc1ccn(Cc2cc(F)ccc2F)c1. The van der Waals surface area contributed by atoms with Crippen LogP contribution >= 0.6 is 0 Å². The molecule has 0 aliphatic carbocycles. The molecule has 2 rings (SSSR count).